The minimum absolute atomic E-state index is 0.348. The zero-order valence-electron chi connectivity index (χ0n) is 14.6. The van der Waals surface area contributed by atoms with Gasteiger partial charge in [-0.1, -0.05) is 25.2 Å². The Bertz CT molecular complexity index is 691. The molecule has 2 rings (SSSR count). The highest BCUT2D eigenvalue weighted by molar-refractivity contribution is 7.51. The van der Waals surface area contributed by atoms with Crippen molar-refractivity contribution >= 4 is 19.0 Å². The van der Waals surface area contributed by atoms with E-state index in [1.54, 1.807) is 13.3 Å². The lowest BCUT2D eigenvalue weighted by atomic mass is 10.1. The first-order valence-corrected chi connectivity index (χ1v) is 9.70. The molecule has 3 atom stereocenters. The molecule has 1 aromatic heterocycles. The van der Waals surface area contributed by atoms with Crippen LogP contribution in [-0.2, 0) is 15.8 Å². The van der Waals surface area contributed by atoms with Gasteiger partial charge in [-0.3, -0.25) is 4.57 Å². The van der Waals surface area contributed by atoms with Crippen molar-refractivity contribution in [2.75, 3.05) is 18.7 Å². The number of aromatic nitrogens is 2. The van der Waals surface area contributed by atoms with Crippen LogP contribution in [-0.4, -0.2) is 38.8 Å². The summed E-state index contributed by atoms with van der Waals surface area (Å²) >= 11 is 0. The number of rotatable bonds is 8. The molecule has 0 spiro atoms. The van der Waals surface area contributed by atoms with E-state index in [0.29, 0.717) is 18.4 Å². The number of nitrogens with zero attached hydrogens (tertiary/aromatic N) is 2. The number of anilines is 1. The van der Waals surface area contributed by atoms with Crippen molar-refractivity contribution in [2.24, 2.45) is 11.8 Å². The van der Waals surface area contributed by atoms with Gasteiger partial charge in [-0.2, -0.15) is 0 Å². The van der Waals surface area contributed by atoms with Gasteiger partial charge in [0.1, 0.15) is 17.9 Å². The predicted octanol–water partition coefficient (Wildman–Crippen LogP) is 2.69. The second-order valence-electron chi connectivity index (χ2n) is 6.35. The number of allylic oxidation sites excluding steroid dienone is 3. The van der Waals surface area contributed by atoms with Crippen LogP contribution in [0.5, 0.6) is 0 Å². The summed E-state index contributed by atoms with van der Waals surface area (Å²) in [4.78, 5) is 22.2. The standard InChI is InChI=1S/C16H26N3O4P/c1-10(6-14-12(3)13(14)4)15-16(17-5)19(8-18-15)7-11(2)23-9-24(20,21)22/h6,8,11,13-14,17H,3,7,9H2,1-2,4-5H3,(H2,20,21,22)/b10-6+. The molecule has 1 aliphatic rings. The summed E-state index contributed by atoms with van der Waals surface area (Å²) in [6.07, 6.45) is 2.97. The van der Waals surface area contributed by atoms with E-state index in [9.17, 15) is 4.57 Å². The minimum Gasteiger partial charge on any atom is -0.373 e. The highest BCUT2D eigenvalue weighted by atomic mass is 31.2. The van der Waals surface area contributed by atoms with E-state index >= 15 is 0 Å². The van der Waals surface area contributed by atoms with Crippen LogP contribution in [0.1, 0.15) is 26.5 Å². The third-order valence-electron chi connectivity index (χ3n) is 4.30. The van der Waals surface area contributed by atoms with E-state index < -0.39 is 13.9 Å². The molecule has 1 aliphatic carbocycles. The van der Waals surface area contributed by atoms with Crippen LogP contribution in [0.15, 0.2) is 24.6 Å². The Kier molecular flexibility index (Phi) is 5.71. The van der Waals surface area contributed by atoms with Gasteiger partial charge >= 0.3 is 7.60 Å². The molecule has 1 saturated carbocycles. The molecule has 0 aromatic carbocycles. The molecular weight excluding hydrogens is 329 g/mol. The molecule has 0 bridgehead atoms. The number of nitrogens with one attached hydrogen (secondary N) is 1. The summed E-state index contributed by atoms with van der Waals surface area (Å²) < 4.78 is 18.0. The summed E-state index contributed by atoms with van der Waals surface area (Å²) in [5.74, 6) is 1.81. The molecular formula is C16H26N3O4P. The zero-order chi connectivity index (χ0) is 18.1. The number of ether oxygens (including phenoxy) is 1. The van der Waals surface area contributed by atoms with Crippen LogP contribution in [0.3, 0.4) is 0 Å². The van der Waals surface area contributed by atoms with E-state index in [1.165, 1.54) is 5.57 Å². The highest BCUT2D eigenvalue weighted by Gasteiger charge is 2.36. The van der Waals surface area contributed by atoms with Crippen molar-refractivity contribution in [3.8, 4) is 0 Å². The average Bonchev–Trinajstić information content (AvgIpc) is 2.88. The molecule has 1 heterocycles. The van der Waals surface area contributed by atoms with Gasteiger partial charge in [0.25, 0.3) is 0 Å². The molecule has 3 N–H and O–H groups in total. The molecule has 0 amide bonds. The smallest absolute Gasteiger partial charge is 0.350 e. The third-order valence-corrected chi connectivity index (χ3v) is 4.79. The van der Waals surface area contributed by atoms with Crippen molar-refractivity contribution in [2.45, 2.75) is 33.4 Å². The number of imidazole rings is 1. The van der Waals surface area contributed by atoms with Crippen molar-refractivity contribution < 1.29 is 19.1 Å². The topological polar surface area (TPSA) is 96.6 Å². The van der Waals surface area contributed by atoms with Gasteiger partial charge in [-0.15, -0.1) is 0 Å². The summed E-state index contributed by atoms with van der Waals surface area (Å²) in [6.45, 7) is 10.4. The van der Waals surface area contributed by atoms with Gasteiger partial charge in [0.2, 0.25) is 0 Å². The van der Waals surface area contributed by atoms with Crippen molar-refractivity contribution in [3.63, 3.8) is 0 Å². The fourth-order valence-corrected chi connectivity index (χ4v) is 3.17. The average molecular weight is 355 g/mol. The SMILES string of the molecule is C=C1C(C)C1/C=C(\C)c1ncn(CC(C)OCP(=O)(O)O)c1NC. The van der Waals surface area contributed by atoms with Gasteiger partial charge in [0.05, 0.1) is 19.0 Å². The summed E-state index contributed by atoms with van der Waals surface area (Å²) in [5, 5.41) is 3.15. The van der Waals surface area contributed by atoms with E-state index in [1.807, 2.05) is 18.5 Å². The lowest BCUT2D eigenvalue weighted by Crippen LogP contribution is -2.18. The molecule has 24 heavy (non-hydrogen) atoms. The second-order valence-corrected chi connectivity index (χ2v) is 7.94. The van der Waals surface area contributed by atoms with Crippen LogP contribution in [0.2, 0.25) is 0 Å². The van der Waals surface area contributed by atoms with E-state index in [2.05, 4.69) is 29.9 Å². The maximum absolute atomic E-state index is 10.9. The quantitative estimate of drug-likeness (QED) is 0.490. The van der Waals surface area contributed by atoms with Gasteiger partial charge in [0.15, 0.2) is 0 Å². The van der Waals surface area contributed by atoms with Crippen molar-refractivity contribution in [3.05, 3.63) is 30.2 Å². The van der Waals surface area contributed by atoms with E-state index in [4.69, 9.17) is 14.5 Å². The molecule has 0 saturated heterocycles. The van der Waals surface area contributed by atoms with Gasteiger partial charge in [0, 0.05) is 13.0 Å². The Morgan fingerprint density at radius 3 is 2.75 bits per heavy atom. The van der Waals surface area contributed by atoms with E-state index in [0.717, 1.165) is 17.1 Å². The Morgan fingerprint density at radius 2 is 2.25 bits per heavy atom. The molecule has 1 aromatic rings. The lowest BCUT2D eigenvalue weighted by molar-refractivity contribution is 0.0761. The molecule has 3 unspecified atom stereocenters. The number of hydrogen-bond donors (Lipinski definition) is 3. The van der Waals surface area contributed by atoms with Crippen molar-refractivity contribution in [1.82, 2.24) is 9.55 Å². The van der Waals surface area contributed by atoms with Gasteiger partial charge < -0.3 is 24.4 Å². The molecule has 1 fully saturated rings. The fourth-order valence-electron chi connectivity index (χ4n) is 2.72. The fraction of sp³-hybridized carbons (Fsp3) is 0.562. The Balaban J connectivity index is 2.09. The monoisotopic (exact) mass is 355 g/mol. The molecule has 134 valence electrons. The normalized spacial score (nSPS) is 22.6. The maximum atomic E-state index is 10.9. The first-order valence-electron chi connectivity index (χ1n) is 7.90. The second kappa shape index (κ2) is 7.23. The Labute approximate surface area is 142 Å². The summed E-state index contributed by atoms with van der Waals surface area (Å²) in [5.41, 5.74) is 3.20. The highest BCUT2D eigenvalue weighted by Crippen LogP contribution is 2.46. The molecule has 7 nitrogen and oxygen atoms in total. The molecule has 8 heteroatoms. The van der Waals surface area contributed by atoms with Crippen LogP contribution in [0.25, 0.3) is 5.57 Å². The third kappa shape index (κ3) is 4.57. The zero-order valence-corrected chi connectivity index (χ0v) is 15.5. The largest absolute Gasteiger partial charge is 0.373 e. The summed E-state index contributed by atoms with van der Waals surface area (Å²) in [7, 11) is -2.33. The maximum Gasteiger partial charge on any atom is 0.350 e. The van der Waals surface area contributed by atoms with Crippen LogP contribution in [0, 0.1) is 11.8 Å². The predicted molar refractivity (Wildman–Crippen MR) is 94.7 cm³/mol. The first kappa shape index (κ1) is 18.9. The van der Waals surface area contributed by atoms with E-state index in [-0.39, 0.29) is 6.10 Å². The van der Waals surface area contributed by atoms with Crippen LogP contribution < -0.4 is 5.32 Å². The Hall–Kier alpha value is -1.40. The first-order chi connectivity index (χ1) is 11.1. The van der Waals surface area contributed by atoms with Crippen LogP contribution in [0.4, 0.5) is 5.82 Å². The Morgan fingerprint density at radius 1 is 1.62 bits per heavy atom. The van der Waals surface area contributed by atoms with Crippen LogP contribution >= 0.6 is 7.60 Å². The number of hydrogen-bond acceptors (Lipinski definition) is 4. The summed E-state index contributed by atoms with van der Waals surface area (Å²) in [6, 6.07) is 0. The lowest BCUT2D eigenvalue weighted by Gasteiger charge is -2.16. The van der Waals surface area contributed by atoms with Crippen molar-refractivity contribution in [1.29, 1.82) is 0 Å². The molecule has 0 aliphatic heterocycles. The van der Waals surface area contributed by atoms with Gasteiger partial charge in [-0.05, 0) is 25.3 Å². The molecule has 0 radical (unpaired) electrons. The van der Waals surface area contributed by atoms with Gasteiger partial charge in [-0.25, -0.2) is 4.98 Å². The minimum atomic E-state index is -4.15.